The van der Waals surface area contributed by atoms with Crippen LogP contribution in [-0.2, 0) is 5.41 Å². The van der Waals surface area contributed by atoms with Crippen LogP contribution in [0, 0.1) is 0 Å². The Hall–Kier alpha value is -6.24. The van der Waals surface area contributed by atoms with Gasteiger partial charge in [0.15, 0.2) is 0 Å². The minimum atomic E-state index is -0.0765. The van der Waals surface area contributed by atoms with E-state index < -0.39 is 0 Å². The highest BCUT2D eigenvalue weighted by molar-refractivity contribution is 6.21. The Bertz CT molecular complexity index is 2820. The summed E-state index contributed by atoms with van der Waals surface area (Å²) in [6.07, 6.45) is 0. The second-order valence-corrected chi connectivity index (χ2v) is 15.2. The quantitative estimate of drug-likeness (QED) is 0.165. The average molecular weight is 661 g/mol. The van der Waals surface area contributed by atoms with Crippen molar-refractivity contribution in [2.24, 2.45) is 0 Å². The molecule has 0 unspecified atom stereocenters. The summed E-state index contributed by atoms with van der Waals surface area (Å²) in [5, 5.41) is 7.81. The first-order valence-electron chi connectivity index (χ1n) is 18.5. The van der Waals surface area contributed by atoms with Gasteiger partial charge in [0.25, 0.3) is 0 Å². The van der Waals surface area contributed by atoms with Crippen molar-refractivity contribution < 1.29 is 0 Å². The van der Waals surface area contributed by atoms with Crippen LogP contribution in [-0.4, -0.2) is 0 Å². The summed E-state index contributed by atoms with van der Waals surface area (Å²) >= 11 is 0. The number of rotatable bonds is 3. The summed E-state index contributed by atoms with van der Waals surface area (Å²) in [4.78, 5) is 0. The lowest BCUT2D eigenvalue weighted by Crippen LogP contribution is -2.15. The van der Waals surface area contributed by atoms with Gasteiger partial charge in [-0.15, -0.1) is 0 Å². The van der Waals surface area contributed by atoms with Crippen LogP contribution in [0.2, 0.25) is 0 Å². The first-order valence-corrected chi connectivity index (χ1v) is 18.5. The number of fused-ring (bicyclic) bond motifs is 10. The molecule has 0 radical (unpaired) electrons. The van der Waals surface area contributed by atoms with Crippen LogP contribution in [0.4, 0.5) is 0 Å². The summed E-state index contributed by atoms with van der Waals surface area (Å²) in [5.74, 6) is 0.241. The molecule has 0 fully saturated rings. The molecule has 0 heteroatoms. The molecule has 2 aliphatic carbocycles. The first-order chi connectivity index (χ1) is 25.6. The molecule has 2 aliphatic rings. The maximum absolute atomic E-state index is 2.47. The Balaban J connectivity index is 1.09. The fourth-order valence-electron chi connectivity index (χ4n) is 9.88. The highest BCUT2D eigenvalue weighted by Crippen LogP contribution is 2.54. The van der Waals surface area contributed by atoms with E-state index in [1.807, 2.05) is 0 Å². The van der Waals surface area contributed by atoms with Gasteiger partial charge in [0.1, 0.15) is 0 Å². The smallest absolute Gasteiger partial charge is 0.0352 e. The Morgan fingerprint density at radius 2 is 0.885 bits per heavy atom. The monoisotopic (exact) mass is 660 g/mol. The molecule has 0 bridgehead atoms. The van der Waals surface area contributed by atoms with Crippen molar-refractivity contribution in [1.82, 2.24) is 0 Å². The average Bonchev–Trinajstić information content (AvgIpc) is 3.65. The zero-order chi connectivity index (χ0) is 34.6. The lowest BCUT2D eigenvalue weighted by atomic mass is 9.80. The third kappa shape index (κ3) is 4.04. The van der Waals surface area contributed by atoms with Crippen molar-refractivity contribution in [3.8, 4) is 44.5 Å². The number of benzene rings is 9. The molecule has 9 aromatic rings. The lowest BCUT2D eigenvalue weighted by molar-refractivity contribution is 0.666. The summed E-state index contributed by atoms with van der Waals surface area (Å²) < 4.78 is 0. The molecule has 0 aliphatic heterocycles. The minimum absolute atomic E-state index is 0.0765. The SMILES string of the molecule is CC1(C)c2ccc(-c3c4ccccc4c(-c4ccc(C5c6ccccc6-c6ccccc65)cc4)c4ccccc34)cc2-c2ccc3ccccc3c21. The van der Waals surface area contributed by atoms with Gasteiger partial charge in [-0.2, -0.15) is 0 Å². The molecule has 0 spiro atoms. The fourth-order valence-corrected chi connectivity index (χ4v) is 9.88. The molecule has 0 saturated carbocycles. The summed E-state index contributed by atoms with van der Waals surface area (Å²) in [6.45, 7) is 4.78. The molecule has 52 heavy (non-hydrogen) atoms. The predicted octanol–water partition coefficient (Wildman–Crippen LogP) is 13.9. The van der Waals surface area contributed by atoms with Crippen LogP contribution < -0.4 is 0 Å². The summed E-state index contributed by atoms with van der Waals surface area (Å²) in [6, 6.07) is 66.0. The van der Waals surface area contributed by atoms with Crippen LogP contribution in [0.3, 0.4) is 0 Å². The van der Waals surface area contributed by atoms with Gasteiger partial charge >= 0.3 is 0 Å². The van der Waals surface area contributed by atoms with Crippen LogP contribution in [0.25, 0.3) is 76.8 Å². The Labute approximate surface area is 304 Å². The molecule has 0 heterocycles. The number of hydrogen-bond donors (Lipinski definition) is 0. The van der Waals surface area contributed by atoms with Crippen molar-refractivity contribution in [2.45, 2.75) is 25.2 Å². The molecular formula is C52H36. The predicted molar refractivity (Wildman–Crippen MR) is 220 cm³/mol. The third-order valence-corrected chi connectivity index (χ3v) is 12.1. The van der Waals surface area contributed by atoms with E-state index in [1.165, 1.54) is 105 Å². The zero-order valence-corrected chi connectivity index (χ0v) is 29.3. The maximum Gasteiger partial charge on any atom is 0.0352 e. The van der Waals surface area contributed by atoms with E-state index in [1.54, 1.807) is 0 Å². The van der Waals surface area contributed by atoms with Gasteiger partial charge in [0.05, 0.1) is 0 Å². The standard InChI is InChI=1S/C52H36/c1-52(2)47-30-28-35(31-46(47)45-29-27-32-13-3-4-14-36(32)51(45)52)50-43-21-11-9-19-41(43)49(42-20-10-12-22-44(42)50)34-25-23-33(24-26-34)48-39-17-7-5-15-37(39)38-16-6-8-18-40(38)48/h3-31,48H,1-2H3. The van der Waals surface area contributed by atoms with Crippen LogP contribution in [0.15, 0.2) is 176 Å². The summed E-state index contributed by atoms with van der Waals surface area (Å²) in [7, 11) is 0. The normalized spacial score (nSPS) is 14.0. The zero-order valence-electron chi connectivity index (χ0n) is 29.3. The molecule has 0 saturated heterocycles. The van der Waals surface area contributed by atoms with E-state index in [0.29, 0.717) is 0 Å². The second-order valence-electron chi connectivity index (χ2n) is 15.2. The van der Waals surface area contributed by atoms with Gasteiger partial charge in [-0.25, -0.2) is 0 Å². The Morgan fingerprint density at radius 1 is 0.385 bits per heavy atom. The number of hydrogen-bond acceptors (Lipinski definition) is 0. The van der Waals surface area contributed by atoms with E-state index in [0.717, 1.165) is 0 Å². The lowest BCUT2D eigenvalue weighted by Gasteiger charge is -2.23. The topological polar surface area (TPSA) is 0 Å². The maximum atomic E-state index is 2.47. The van der Waals surface area contributed by atoms with E-state index in [-0.39, 0.29) is 11.3 Å². The largest absolute Gasteiger partial charge is 0.0619 e. The van der Waals surface area contributed by atoms with Gasteiger partial charge in [0.2, 0.25) is 0 Å². The molecule has 0 atom stereocenters. The van der Waals surface area contributed by atoms with Crippen molar-refractivity contribution >= 4 is 32.3 Å². The van der Waals surface area contributed by atoms with Gasteiger partial charge in [-0.05, 0) is 111 Å². The van der Waals surface area contributed by atoms with Gasteiger partial charge in [0, 0.05) is 11.3 Å². The fraction of sp³-hybridized carbons (Fsp3) is 0.0769. The molecule has 0 nitrogen and oxygen atoms in total. The van der Waals surface area contributed by atoms with Crippen molar-refractivity contribution in [3.63, 3.8) is 0 Å². The molecule has 0 aromatic heterocycles. The highest BCUT2D eigenvalue weighted by Gasteiger charge is 2.37. The van der Waals surface area contributed by atoms with Crippen LogP contribution in [0.1, 0.15) is 47.6 Å². The van der Waals surface area contributed by atoms with E-state index in [9.17, 15) is 0 Å². The van der Waals surface area contributed by atoms with E-state index in [4.69, 9.17) is 0 Å². The van der Waals surface area contributed by atoms with E-state index in [2.05, 4.69) is 190 Å². The first kappa shape index (κ1) is 29.5. The highest BCUT2D eigenvalue weighted by atomic mass is 14.4. The van der Waals surface area contributed by atoms with Gasteiger partial charge < -0.3 is 0 Å². The molecule has 0 amide bonds. The Kier molecular flexibility index (Phi) is 6.17. The van der Waals surface area contributed by atoms with Gasteiger partial charge in [-0.1, -0.05) is 184 Å². The Morgan fingerprint density at radius 3 is 1.50 bits per heavy atom. The van der Waals surface area contributed by atoms with Crippen molar-refractivity contribution in [1.29, 1.82) is 0 Å². The van der Waals surface area contributed by atoms with E-state index >= 15 is 0 Å². The molecule has 244 valence electrons. The van der Waals surface area contributed by atoms with Crippen LogP contribution >= 0.6 is 0 Å². The second kappa shape index (κ2) is 10.9. The summed E-state index contributed by atoms with van der Waals surface area (Å²) in [5.41, 5.74) is 17.4. The third-order valence-electron chi connectivity index (χ3n) is 12.1. The van der Waals surface area contributed by atoms with Crippen molar-refractivity contribution in [2.75, 3.05) is 0 Å². The molecule has 9 aromatic carbocycles. The molecule has 0 N–H and O–H groups in total. The molecular weight excluding hydrogens is 625 g/mol. The van der Waals surface area contributed by atoms with Gasteiger partial charge in [-0.3, -0.25) is 0 Å². The molecule has 11 rings (SSSR count). The van der Waals surface area contributed by atoms with Crippen molar-refractivity contribution in [3.05, 3.63) is 204 Å². The minimum Gasteiger partial charge on any atom is -0.0619 e. The van der Waals surface area contributed by atoms with Crippen LogP contribution in [0.5, 0.6) is 0 Å².